The summed E-state index contributed by atoms with van der Waals surface area (Å²) < 4.78 is 25.5. The Morgan fingerprint density at radius 2 is 1.36 bits per heavy atom. The Balaban J connectivity index is 1.10. The Morgan fingerprint density at radius 1 is 0.788 bits per heavy atom. The minimum Gasteiger partial charge on any atom is -0.380 e. The van der Waals surface area contributed by atoms with Crippen molar-refractivity contribution >= 4 is 22.0 Å². The molecule has 0 radical (unpaired) electrons. The lowest BCUT2D eigenvalue weighted by atomic mass is 9.68. The number of piperazine rings is 1. The molecule has 186 valence electrons. The zero-order valence-electron chi connectivity index (χ0n) is 19.4. The topological polar surface area (TPSA) is 124 Å². The number of hydrogen-bond acceptors (Lipinski definition) is 5. The highest BCUT2D eigenvalue weighted by atomic mass is 32.2. The van der Waals surface area contributed by atoms with E-state index in [4.69, 9.17) is 5.14 Å². The second-order valence-electron chi connectivity index (χ2n) is 11.1. The van der Waals surface area contributed by atoms with E-state index < -0.39 is 15.8 Å². The first-order valence-corrected chi connectivity index (χ1v) is 14.3. The molecule has 3 saturated carbocycles. The minimum atomic E-state index is -3.63. The van der Waals surface area contributed by atoms with Crippen LogP contribution in [-0.4, -0.2) is 83.8 Å². The van der Waals surface area contributed by atoms with E-state index in [1.54, 1.807) is 4.90 Å². The van der Waals surface area contributed by atoms with E-state index in [-0.39, 0.29) is 23.8 Å². The maximum atomic E-state index is 13.1. The van der Waals surface area contributed by atoms with Crippen molar-refractivity contribution in [2.75, 3.05) is 32.7 Å². The number of carbonyl (C=O) groups is 2. The molecule has 10 heteroatoms. The van der Waals surface area contributed by atoms with Crippen molar-refractivity contribution in [2.45, 2.75) is 75.9 Å². The third-order valence-electron chi connectivity index (χ3n) is 9.20. The normalized spacial score (nSPS) is 37.0. The van der Waals surface area contributed by atoms with Crippen molar-refractivity contribution in [1.29, 1.82) is 0 Å². The molecule has 3 aliphatic carbocycles. The fourth-order valence-corrected chi connectivity index (χ4v) is 7.98. The van der Waals surface area contributed by atoms with Crippen molar-refractivity contribution in [2.24, 2.45) is 28.8 Å². The van der Waals surface area contributed by atoms with Gasteiger partial charge in [0.2, 0.25) is 5.91 Å². The van der Waals surface area contributed by atoms with E-state index in [0.29, 0.717) is 63.3 Å². The van der Waals surface area contributed by atoms with Gasteiger partial charge in [-0.15, -0.1) is 0 Å². The number of aliphatic hydroxyl groups is 1. The van der Waals surface area contributed by atoms with Crippen LogP contribution in [0.2, 0.25) is 0 Å². The van der Waals surface area contributed by atoms with Crippen molar-refractivity contribution in [3.63, 3.8) is 0 Å². The standard InChI is InChI=1S/C23H38N4O5S/c24-33(31,32)27-10-7-17-3-6-19(15-20(17)27)16-1-4-18(5-2-16)21(28)25-11-13-26(14-12-25)22(29)23(30)8-9-23/h16-20,30H,1-15H2,(H2,24,31,32). The molecule has 3 atom stereocenters. The van der Waals surface area contributed by atoms with Crippen molar-refractivity contribution in [3.05, 3.63) is 0 Å². The number of fused-ring (bicyclic) bond motifs is 1. The molecule has 5 aliphatic rings. The molecule has 0 aromatic rings. The van der Waals surface area contributed by atoms with Crippen LogP contribution in [-0.2, 0) is 19.8 Å². The molecule has 2 saturated heterocycles. The van der Waals surface area contributed by atoms with E-state index in [2.05, 4.69) is 0 Å². The predicted molar refractivity (Wildman–Crippen MR) is 122 cm³/mol. The van der Waals surface area contributed by atoms with Crippen molar-refractivity contribution in [3.8, 4) is 0 Å². The van der Waals surface area contributed by atoms with Gasteiger partial charge >= 0.3 is 0 Å². The first-order valence-electron chi connectivity index (χ1n) is 12.8. The zero-order valence-corrected chi connectivity index (χ0v) is 20.2. The molecule has 3 N–H and O–H groups in total. The van der Waals surface area contributed by atoms with E-state index in [9.17, 15) is 23.1 Å². The van der Waals surface area contributed by atoms with Gasteiger partial charge < -0.3 is 14.9 Å². The molecule has 3 unspecified atom stereocenters. The minimum absolute atomic E-state index is 0.0554. The molecule has 0 aromatic heterocycles. The first-order chi connectivity index (χ1) is 15.7. The van der Waals surface area contributed by atoms with Gasteiger partial charge in [-0.3, -0.25) is 9.59 Å². The zero-order chi connectivity index (χ0) is 23.4. The van der Waals surface area contributed by atoms with Crippen molar-refractivity contribution < 1.29 is 23.1 Å². The second kappa shape index (κ2) is 8.77. The van der Waals surface area contributed by atoms with Crippen LogP contribution in [0.4, 0.5) is 0 Å². The van der Waals surface area contributed by atoms with Gasteiger partial charge in [0.15, 0.2) is 0 Å². The van der Waals surface area contributed by atoms with Gasteiger partial charge in [-0.25, -0.2) is 5.14 Å². The Hall–Kier alpha value is -1.23. The third-order valence-corrected chi connectivity index (χ3v) is 10.3. The number of rotatable bonds is 4. The van der Waals surface area contributed by atoms with Crippen LogP contribution in [0.15, 0.2) is 0 Å². The molecule has 2 heterocycles. The summed E-state index contributed by atoms with van der Waals surface area (Å²) in [6, 6.07) is 0.0609. The monoisotopic (exact) mass is 482 g/mol. The molecular weight excluding hydrogens is 444 g/mol. The molecule has 2 aliphatic heterocycles. The highest BCUT2D eigenvalue weighted by Crippen LogP contribution is 2.46. The molecule has 0 spiro atoms. The highest BCUT2D eigenvalue weighted by molar-refractivity contribution is 7.86. The van der Waals surface area contributed by atoms with E-state index in [1.165, 1.54) is 4.31 Å². The highest BCUT2D eigenvalue weighted by Gasteiger charge is 2.50. The van der Waals surface area contributed by atoms with Gasteiger partial charge in [0, 0.05) is 44.7 Å². The Morgan fingerprint density at radius 3 is 1.97 bits per heavy atom. The molecule has 5 fully saturated rings. The van der Waals surface area contributed by atoms with E-state index in [1.807, 2.05) is 4.90 Å². The summed E-state index contributed by atoms with van der Waals surface area (Å²) in [5.74, 6) is 1.63. The summed E-state index contributed by atoms with van der Waals surface area (Å²) in [5, 5.41) is 15.5. The third kappa shape index (κ3) is 4.68. The van der Waals surface area contributed by atoms with Gasteiger partial charge in [0.05, 0.1) is 0 Å². The van der Waals surface area contributed by atoms with Crippen LogP contribution in [0.3, 0.4) is 0 Å². The van der Waals surface area contributed by atoms with Crippen LogP contribution in [0.1, 0.15) is 64.2 Å². The van der Waals surface area contributed by atoms with Gasteiger partial charge in [-0.2, -0.15) is 12.7 Å². The Labute approximate surface area is 196 Å². The average molecular weight is 483 g/mol. The van der Waals surface area contributed by atoms with E-state index in [0.717, 1.165) is 51.4 Å². The number of carbonyl (C=O) groups excluding carboxylic acids is 2. The Kier molecular flexibility index (Phi) is 6.25. The SMILES string of the molecule is NS(=O)(=O)N1CCC2CCC(C3CCC(C(=O)N4CCN(C(=O)C5(O)CC5)CC4)CC3)CC21. The lowest BCUT2D eigenvalue weighted by molar-refractivity contribution is -0.148. The number of hydrogen-bond donors (Lipinski definition) is 2. The van der Waals surface area contributed by atoms with E-state index >= 15 is 0 Å². The maximum Gasteiger partial charge on any atom is 0.277 e. The number of nitrogens with zero attached hydrogens (tertiary/aromatic N) is 3. The molecule has 5 rings (SSSR count). The number of amides is 2. The Bertz CT molecular complexity index is 875. The lowest BCUT2D eigenvalue weighted by Gasteiger charge is -2.42. The van der Waals surface area contributed by atoms with Gasteiger partial charge in [0.1, 0.15) is 5.60 Å². The van der Waals surface area contributed by atoms with Crippen molar-refractivity contribution in [1.82, 2.24) is 14.1 Å². The van der Waals surface area contributed by atoms with Crippen LogP contribution in [0, 0.1) is 23.7 Å². The summed E-state index contributed by atoms with van der Waals surface area (Å²) in [4.78, 5) is 29.0. The predicted octanol–water partition coefficient (Wildman–Crippen LogP) is 0.683. The largest absolute Gasteiger partial charge is 0.380 e. The average Bonchev–Trinajstić information content (AvgIpc) is 3.41. The molecule has 0 bridgehead atoms. The summed E-state index contributed by atoms with van der Waals surface area (Å²) in [5.41, 5.74) is -1.13. The summed E-state index contributed by atoms with van der Waals surface area (Å²) in [7, 11) is -3.63. The summed E-state index contributed by atoms with van der Waals surface area (Å²) in [6.45, 7) is 2.67. The van der Waals surface area contributed by atoms with Crippen LogP contribution in [0.25, 0.3) is 0 Å². The molecule has 0 aromatic carbocycles. The maximum absolute atomic E-state index is 13.1. The first kappa shape index (κ1) is 23.5. The molecule has 2 amide bonds. The summed E-state index contributed by atoms with van der Waals surface area (Å²) >= 11 is 0. The van der Waals surface area contributed by atoms with Crippen LogP contribution in [0.5, 0.6) is 0 Å². The fourth-order valence-electron chi connectivity index (χ4n) is 6.99. The molecule has 33 heavy (non-hydrogen) atoms. The van der Waals surface area contributed by atoms with Gasteiger partial charge in [-0.05, 0) is 82.0 Å². The van der Waals surface area contributed by atoms with Crippen LogP contribution >= 0.6 is 0 Å². The number of nitrogens with two attached hydrogens (primary N) is 1. The summed E-state index contributed by atoms with van der Waals surface area (Å²) in [6.07, 6.45) is 9.02. The second-order valence-corrected chi connectivity index (χ2v) is 12.6. The smallest absolute Gasteiger partial charge is 0.277 e. The van der Waals surface area contributed by atoms with Gasteiger partial charge in [0.25, 0.3) is 16.1 Å². The molecule has 9 nitrogen and oxygen atoms in total. The fraction of sp³-hybridized carbons (Fsp3) is 0.913. The quantitative estimate of drug-likeness (QED) is 0.610. The van der Waals surface area contributed by atoms with Gasteiger partial charge in [-0.1, -0.05) is 0 Å². The lowest BCUT2D eigenvalue weighted by Crippen LogP contribution is -2.54. The van der Waals surface area contributed by atoms with Crippen LogP contribution < -0.4 is 5.14 Å². The molecular formula is C23H38N4O5S.